The second-order valence-electron chi connectivity index (χ2n) is 5.85. The molecule has 0 unspecified atom stereocenters. The Morgan fingerprint density at radius 1 is 1.30 bits per heavy atom. The average Bonchev–Trinajstić information content (AvgIpc) is 2.43. The molecule has 8 heteroatoms. The second kappa shape index (κ2) is 7.10. The average molecular weight is 343 g/mol. The van der Waals surface area contributed by atoms with Crippen molar-refractivity contribution in [1.29, 1.82) is 0 Å². The zero-order valence-electron chi connectivity index (χ0n) is 13.5. The number of hydrogen-bond donors (Lipinski definition) is 2. The number of esters is 1. The lowest BCUT2D eigenvalue weighted by Gasteiger charge is -2.25. The first-order valence-corrected chi connectivity index (χ1v) is 8.41. The Morgan fingerprint density at radius 3 is 2.43 bits per heavy atom. The van der Waals surface area contributed by atoms with Crippen LogP contribution in [0, 0.1) is 6.92 Å². The smallest absolute Gasteiger partial charge is 0.338 e. The molecule has 0 aliphatic carbocycles. The van der Waals surface area contributed by atoms with Crippen molar-refractivity contribution in [2.24, 2.45) is 0 Å². The fraction of sp³-hybridized carbons (Fsp3) is 0.467. The number of benzene rings is 1. The molecule has 0 aromatic heterocycles. The van der Waals surface area contributed by atoms with E-state index in [4.69, 9.17) is 5.11 Å². The molecular weight excluding hydrogens is 322 g/mol. The van der Waals surface area contributed by atoms with Gasteiger partial charge in [-0.25, -0.2) is 17.9 Å². The van der Waals surface area contributed by atoms with Gasteiger partial charge >= 0.3 is 11.9 Å². The number of sulfonamides is 1. The predicted molar refractivity (Wildman–Crippen MR) is 83.8 cm³/mol. The number of carboxylic acid groups (broad SMARTS) is 1. The van der Waals surface area contributed by atoms with E-state index in [9.17, 15) is 18.0 Å². The van der Waals surface area contributed by atoms with Crippen molar-refractivity contribution in [1.82, 2.24) is 4.72 Å². The summed E-state index contributed by atoms with van der Waals surface area (Å²) in [7, 11) is -2.68. The zero-order chi connectivity index (χ0) is 17.8. The molecule has 0 amide bonds. The molecule has 23 heavy (non-hydrogen) atoms. The van der Waals surface area contributed by atoms with Crippen LogP contribution in [0.4, 0.5) is 0 Å². The molecule has 7 nitrogen and oxygen atoms in total. The first-order valence-electron chi connectivity index (χ1n) is 6.93. The van der Waals surface area contributed by atoms with E-state index in [0.29, 0.717) is 5.56 Å². The molecule has 1 rings (SSSR count). The minimum atomic E-state index is -3.90. The fourth-order valence-corrected chi connectivity index (χ4v) is 3.46. The summed E-state index contributed by atoms with van der Waals surface area (Å²) in [5, 5.41) is 8.72. The van der Waals surface area contributed by atoms with Crippen LogP contribution in [0.2, 0.25) is 0 Å². The van der Waals surface area contributed by atoms with Crippen molar-refractivity contribution in [2.75, 3.05) is 7.11 Å². The van der Waals surface area contributed by atoms with Gasteiger partial charge < -0.3 is 9.84 Å². The van der Waals surface area contributed by atoms with Gasteiger partial charge in [-0.15, -0.1) is 0 Å². The van der Waals surface area contributed by atoms with Crippen molar-refractivity contribution >= 4 is 22.0 Å². The SMILES string of the molecule is COC(=O)c1cc(S(=O)(=O)NC(C)(C)CCC(=O)O)ccc1C. The maximum Gasteiger partial charge on any atom is 0.338 e. The second-order valence-corrected chi connectivity index (χ2v) is 7.53. The number of methoxy groups -OCH3 is 1. The zero-order valence-corrected chi connectivity index (χ0v) is 14.4. The third-order valence-electron chi connectivity index (χ3n) is 3.30. The molecule has 0 radical (unpaired) electrons. The summed E-state index contributed by atoms with van der Waals surface area (Å²) in [6, 6.07) is 4.15. The lowest BCUT2D eigenvalue weighted by atomic mass is 10.0. The Kier molecular flexibility index (Phi) is 5.90. The van der Waals surface area contributed by atoms with E-state index in [-0.39, 0.29) is 23.3 Å². The van der Waals surface area contributed by atoms with E-state index in [1.54, 1.807) is 20.8 Å². The maximum atomic E-state index is 12.5. The van der Waals surface area contributed by atoms with Crippen molar-refractivity contribution in [2.45, 2.75) is 44.0 Å². The predicted octanol–water partition coefficient (Wildman–Crippen LogP) is 1.70. The third kappa shape index (κ3) is 5.33. The number of carbonyl (C=O) groups excluding carboxylic acids is 1. The Bertz CT molecular complexity index is 709. The summed E-state index contributed by atoms with van der Waals surface area (Å²) in [6.45, 7) is 4.87. The molecule has 0 saturated carbocycles. The summed E-state index contributed by atoms with van der Waals surface area (Å²) >= 11 is 0. The quantitative estimate of drug-likeness (QED) is 0.729. The molecule has 1 aromatic rings. The highest BCUT2D eigenvalue weighted by Crippen LogP contribution is 2.20. The number of nitrogens with one attached hydrogen (secondary N) is 1. The molecule has 0 saturated heterocycles. The van der Waals surface area contributed by atoms with E-state index < -0.39 is 27.5 Å². The highest BCUT2D eigenvalue weighted by molar-refractivity contribution is 7.89. The van der Waals surface area contributed by atoms with E-state index in [0.717, 1.165) is 0 Å². The van der Waals surface area contributed by atoms with Crippen LogP contribution >= 0.6 is 0 Å². The van der Waals surface area contributed by atoms with E-state index in [1.807, 2.05) is 0 Å². The highest BCUT2D eigenvalue weighted by Gasteiger charge is 2.27. The Labute approximate surface area is 135 Å². The van der Waals surface area contributed by atoms with Gasteiger partial charge in [0.25, 0.3) is 0 Å². The van der Waals surface area contributed by atoms with Crippen LogP contribution in [0.1, 0.15) is 42.6 Å². The normalized spacial score (nSPS) is 12.0. The first-order chi connectivity index (χ1) is 10.5. The molecule has 2 N–H and O–H groups in total. The maximum absolute atomic E-state index is 12.5. The number of rotatable bonds is 7. The molecule has 0 bridgehead atoms. The van der Waals surface area contributed by atoms with Crippen LogP contribution in [0.25, 0.3) is 0 Å². The first kappa shape index (κ1) is 19.1. The van der Waals surface area contributed by atoms with Gasteiger partial charge in [-0.2, -0.15) is 0 Å². The largest absolute Gasteiger partial charge is 0.481 e. The molecule has 0 heterocycles. The summed E-state index contributed by atoms with van der Waals surface area (Å²) in [4.78, 5) is 22.2. The lowest BCUT2D eigenvalue weighted by molar-refractivity contribution is -0.137. The number of aliphatic carboxylic acids is 1. The van der Waals surface area contributed by atoms with Crippen LogP contribution in [-0.4, -0.2) is 38.1 Å². The van der Waals surface area contributed by atoms with Crippen molar-refractivity contribution in [3.05, 3.63) is 29.3 Å². The Morgan fingerprint density at radius 2 is 1.91 bits per heavy atom. The summed E-state index contributed by atoms with van der Waals surface area (Å²) < 4.78 is 32.0. The lowest BCUT2D eigenvalue weighted by Crippen LogP contribution is -2.43. The molecule has 1 aromatic carbocycles. The third-order valence-corrected chi connectivity index (χ3v) is 5.00. The molecule has 128 valence electrons. The number of carbonyl (C=O) groups is 2. The number of ether oxygens (including phenoxy) is 1. The van der Waals surface area contributed by atoms with Crippen molar-refractivity contribution in [3.8, 4) is 0 Å². The van der Waals surface area contributed by atoms with Gasteiger partial charge in [-0.3, -0.25) is 4.79 Å². The van der Waals surface area contributed by atoms with Crippen LogP contribution < -0.4 is 4.72 Å². The molecule has 0 spiro atoms. The van der Waals surface area contributed by atoms with Gasteiger partial charge in [0.15, 0.2) is 0 Å². The summed E-state index contributed by atoms with van der Waals surface area (Å²) in [5.74, 6) is -1.62. The highest BCUT2D eigenvalue weighted by atomic mass is 32.2. The van der Waals surface area contributed by atoms with Gasteiger partial charge in [0.2, 0.25) is 10.0 Å². The van der Waals surface area contributed by atoms with Crippen molar-refractivity contribution < 1.29 is 27.9 Å². The Hall–Kier alpha value is -1.93. The Balaban J connectivity index is 3.09. The fourth-order valence-electron chi connectivity index (χ4n) is 1.99. The minimum absolute atomic E-state index is 0.0769. The molecule has 0 aliphatic rings. The van der Waals surface area contributed by atoms with Crippen LogP contribution in [-0.2, 0) is 19.6 Å². The van der Waals surface area contributed by atoms with Gasteiger partial charge in [-0.1, -0.05) is 6.07 Å². The molecule has 0 aliphatic heterocycles. The molecular formula is C15H21NO6S. The molecule has 0 fully saturated rings. The van der Waals surface area contributed by atoms with Crippen molar-refractivity contribution in [3.63, 3.8) is 0 Å². The number of aryl methyl sites for hydroxylation is 1. The number of carboxylic acids is 1. The van der Waals surface area contributed by atoms with E-state index >= 15 is 0 Å². The van der Waals surface area contributed by atoms with Gasteiger partial charge in [0.05, 0.1) is 17.6 Å². The van der Waals surface area contributed by atoms with E-state index in [1.165, 1.54) is 25.3 Å². The van der Waals surface area contributed by atoms with Gasteiger partial charge in [0, 0.05) is 12.0 Å². The standard InChI is InChI=1S/C15H21NO6S/c1-10-5-6-11(9-12(10)14(19)22-4)23(20,21)16-15(2,3)8-7-13(17)18/h5-6,9,16H,7-8H2,1-4H3,(H,17,18). The number of hydrogen-bond acceptors (Lipinski definition) is 5. The van der Waals surface area contributed by atoms with Crippen LogP contribution in [0.5, 0.6) is 0 Å². The van der Waals surface area contributed by atoms with E-state index in [2.05, 4.69) is 9.46 Å². The van der Waals surface area contributed by atoms with Crippen LogP contribution in [0.15, 0.2) is 23.1 Å². The van der Waals surface area contributed by atoms with Gasteiger partial charge in [0.1, 0.15) is 0 Å². The summed E-state index contributed by atoms with van der Waals surface area (Å²) in [5.41, 5.74) is -0.173. The topological polar surface area (TPSA) is 110 Å². The molecule has 0 atom stereocenters. The van der Waals surface area contributed by atoms with Gasteiger partial charge in [-0.05, 0) is 44.9 Å². The minimum Gasteiger partial charge on any atom is -0.481 e. The monoisotopic (exact) mass is 343 g/mol. The summed E-state index contributed by atoms with van der Waals surface area (Å²) in [6.07, 6.45) is -0.0197. The van der Waals surface area contributed by atoms with Crippen LogP contribution in [0.3, 0.4) is 0 Å².